The number of piperazine rings is 1. The van der Waals surface area contributed by atoms with Crippen LogP contribution >= 0.6 is 0 Å². The first-order valence-corrected chi connectivity index (χ1v) is 5.53. The molecule has 2 amide bonds. The molecule has 0 aromatic carbocycles. The van der Waals surface area contributed by atoms with E-state index in [0.29, 0.717) is 0 Å². The summed E-state index contributed by atoms with van der Waals surface area (Å²) >= 11 is 0. The lowest BCUT2D eigenvalue weighted by molar-refractivity contribution is -0.157. The zero-order valence-corrected chi connectivity index (χ0v) is 9.84. The van der Waals surface area contributed by atoms with Crippen molar-refractivity contribution in [1.82, 2.24) is 31.7 Å². The fourth-order valence-electron chi connectivity index (χ4n) is 2.53. The van der Waals surface area contributed by atoms with E-state index < -0.39 is 24.7 Å². The molecule has 4 unspecified atom stereocenters. The molecule has 0 aromatic heterocycles. The van der Waals surface area contributed by atoms with Crippen LogP contribution in [0.15, 0.2) is 0 Å². The highest BCUT2D eigenvalue weighted by atomic mass is 16.8. The Morgan fingerprint density at radius 2 is 1.06 bits per heavy atom. The van der Waals surface area contributed by atoms with Crippen molar-refractivity contribution in [3.05, 3.63) is 0 Å². The zero-order valence-electron chi connectivity index (χ0n) is 9.84. The number of fused-ring (bicyclic) bond motifs is 2. The van der Waals surface area contributed by atoms with Crippen molar-refractivity contribution in [2.75, 3.05) is 0 Å². The van der Waals surface area contributed by atoms with E-state index in [0.717, 1.165) is 0 Å². The second-order valence-electron chi connectivity index (χ2n) is 4.31. The number of amides is 2. The minimum atomic E-state index is -0.483. The van der Waals surface area contributed by atoms with Gasteiger partial charge in [-0.1, -0.05) is 0 Å². The lowest BCUT2D eigenvalue weighted by Crippen LogP contribution is -2.74. The number of nitrogens with one attached hydrogen (secondary N) is 4. The summed E-state index contributed by atoms with van der Waals surface area (Å²) in [7, 11) is 0. The van der Waals surface area contributed by atoms with Gasteiger partial charge in [-0.25, -0.2) is 9.88 Å². The average Bonchev–Trinajstić information content (AvgIpc) is 2.91. The first-order chi connectivity index (χ1) is 8.61. The van der Waals surface area contributed by atoms with Gasteiger partial charge in [-0.3, -0.25) is 9.59 Å². The Hall–Kier alpha value is -1.30. The van der Waals surface area contributed by atoms with E-state index in [1.54, 1.807) is 0 Å². The minimum Gasteiger partial charge on any atom is -0.300 e. The molecule has 4 N–H and O–H groups in total. The van der Waals surface area contributed by atoms with E-state index >= 15 is 0 Å². The molecule has 18 heavy (non-hydrogen) atoms. The van der Waals surface area contributed by atoms with Crippen LogP contribution in [0.1, 0.15) is 13.8 Å². The number of hydrogen-bond acceptors (Lipinski definition) is 8. The van der Waals surface area contributed by atoms with Crippen molar-refractivity contribution in [2.45, 2.75) is 38.5 Å². The molecule has 10 heteroatoms. The molecule has 100 valence electrons. The smallest absolute Gasteiger partial charge is 0.222 e. The molecule has 0 radical (unpaired) electrons. The molecule has 3 heterocycles. The number of carbonyl (C=O) groups is 2. The van der Waals surface area contributed by atoms with Gasteiger partial charge in [0, 0.05) is 13.8 Å². The Balaban J connectivity index is 1.98. The van der Waals surface area contributed by atoms with Crippen LogP contribution in [-0.4, -0.2) is 46.3 Å². The number of nitrogens with zero attached hydrogens (tertiary/aromatic N) is 2. The van der Waals surface area contributed by atoms with Crippen LogP contribution in [-0.2, 0) is 19.5 Å². The van der Waals surface area contributed by atoms with Crippen LogP contribution < -0.4 is 21.9 Å². The molecule has 0 bridgehead atoms. The third-order valence-corrected chi connectivity index (χ3v) is 3.24. The first kappa shape index (κ1) is 11.8. The highest BCUT2D eigenvalue weighted by molar-refractivity contribution is 5.77. The van der Waals surface area contributed by atoms with Crippen molar-refractivity contribution >= 4 is 11.8 Å². The molecule has 0 aliphatic carbocycles. The van der Waals surface area contributed by atoms with Crippen molar-refractivity contribution in [2.24, 2.45) is 0 Å². The van der Waals surface area contributed by atoms with E-state index in [1.165, 1.54) is 23.6 Å². The standard InChI is InChI=1S/C8H14N6O4/c1-3(15)13-5-7(11-17-9-5)14(4(2)16)8-6(13)10-18-12-8/h5-12H,1-2H3. The molecule has 0 aromatic rings. The van der Waals surface area contributed by atoms with Crippen LogP contribution in [0.5, 0.6) is 0 Å². The van der Waals surface area contributed by atoms with E-state index in [4.69, 9.17) is 9.88 Å². The van der Waals surface area contributed by atoms with Crippen molar-refractivity contribution < 1.29 is 19.5 Å². The highest BCUT2D eigenvalue weighted by Gasteiger charge is 2.55. The Bertz CT molecular complexity index is 336. The zero-order chi connectivity index (χ0) is 12.9. The SMILES string of the molecule is CC(=O)N1C2NONC2N(C(C)=O)C2NONC21. The summed E-state index contributed by atoms with van der Waals surface area (Å²) in [6.45, 7) is 2.88. The topological polar surface area (TPSA) is 107 Å². The lowest BCUT2D eigenvalue weighted by Gasteiger charge is -2.47. The Morgan fingerprint density at radius 3 is 1.28 bits per heavy atom. The maximum Gasteiger partial charge on any atom is 0.222 e. The quantitative estimate of drug-likeness (QED) is 0.366. The third-order valence-electron chi connectivity index (χ3n) is 3.24. The fourth-order valence-corrected chi connectivity index (χ4v) is 2.53. The lowest BCUT2D eigenvalue weighted by atomic mass is 10.1. The van der Waals surface area contributed by atoms with Crippen LogP contribution in [0.2, 0.25) is 0 Å². The molecule has 10 nitrogen and oxygen atoms in total. The van der Waals surface area contributed by atoms with Crippen LogP contribution in [0.4, 0.5) is 0 Å². The second-order valence-corrected chi connectivity index (χ2v) is 4.31. The molecular formula is C8H14N6O4. The molecule has 4 atom stereocenters. The number of hydroxylamine groups is 4. The van der Waals surface area contributed by atoms with Gasteiger partial charge >= 0.3 is 0 Å². The van der Waals surface area contributed by atoms with Gasteiger partial charge in [-0.05, 0) is 0 Å². The molecule has 3 aliphatic rings. The Morgan fingerprint density at radius 1 is 0.778 bits per heavy atom. The van der Waals surface area contributed by atoms with Gasteiger partial charge in [0.25, 0.3) is 0 Å². The summed E-state index contributed by atoms with van der Waals surface area (Å²) in [5.74, 6) is -0.328. The highest BCUT2D eigenvalue weighted by Crippen LogP contribution is 2.26. The number of rotatable bonds is 0. The van der Waals surface area contributed by atoms with E-state index in [9.17, 15) is 9.59 Å². The van der Waals surface area contributed by atoms with Gasteiger partial charge in [-0.15, -0.1) is 0 Å². The van der Waals surface area contributed by atoms with Crippen molar-refractivity contribution in [1.29, 1.82) is 0 Å². The summed E-state index contributed by atoms with van der Waals surface area (Å²) in [6, 6.07) is 0. The van der Waals surface area contributed by atoms with Gasteiger partial charge in [0.05, 0.1) is 0 Å². The predicted molar refractivity (Wildman–Crippen MR) is 54.9 cm³/mol. The predicted octanol–water partition coefficient (Wildman–Crippen LogP) is -2.92. The molecule has 0 saturated carbocycles. The van der Waals surface area contributed by atoms with Crippen molar-refractivity contribution in [3.63, 3.8) is 0 Å². The van der Waals surface area contributed by atoms with E-state index in [-0.39, 0.29) is 11.8 Å². The van der Waals surface area contributed by atoms with Gasteiger partial charge in [0.1, 0.15) is 24.7 Å². The molecule has 3 aliphatic heterocycles. The maximum absolute atomic E-state index is 11.7. The first-order valence-electron chi connectivity index (χ1n) is 5.53. The van der Waals surface area contributed by atoms with Gasteiger partial charge < -0.3 is 9.80 Å². The summed E-state index contributed by atoms with van der Waals surface area (Å²) < 4.78 is 0. The van der Waals surface area contributed by atoms with Crippen molar-refractivity contribution in [3.8, 4) is 0 Å². The minimum absolute atomic E-state index is 0.164. The summed E-state index contributed by atoms with van der Waals surface area (Å²) in [4.78, 5) is 36.4. The van der Waals surface area contributed by atoms with Gasteiger partial charge in [-0.2, -0.15) is 21.9 Å². The Labute approximate surface area is 102 Å². The monoisotopic (exact) mass is 258 g/mol. The van der Waals surface area contributed by atoms with Gasteiger partial charge in [0.15, 0.2) is 0 Å². The largest absolute Gasteiger partial charge is 0.300 e. The van der Waals surface area contributed by atoms with E-state index in [1.807, 2.05) is 0 Å². The molecule has 0 spiro atoms. The molecule has 3 rings (SSSR count). The molecule has 3 saturated heterocycles. The van der Waals surface area contributed by atoms with Gasteiger partial charge in [0.2, 0.25) is 11.8 Å². The summed E-state index contributed by atoms with van der Waals surface area (Å²) in [5.41, 5.74) is 10.7. The van der Waals surface area contributed by atoms with E-state index in [2.05, 4.69) is 21.9 Å². The van der Waals surface area contributed by atoms with Crippen LogP contribution in [0.3, 0.4) is 0 Å². The summed E-state index contributed by atoms with van der Waals surface area (Å²) in [6.07, 6.45) is -1.93. The van der Waals surface area contributed by atoms with Crippen LogP contribution in [0, 0.1) is 0 Å². The third kappa shape index (κ3) is 1.51. The molecular weight excluding hydrogens is 244 g/mol. The summed E-state index contributed by atoms with van der Waals surface area (Å²) in [5, 5.41) is 0. The number of hydrogen-bond donors (Lipinski definition) is 4. The number of carbonyl (C=O) groups excluding carboxylic acids is 2. The van der Waals surface area contributed by atoms with Crippen LogP contribution in [0.25, 0.3) is 0 Å². The maximum atomic E-state index is 11.7. The Kier molecular flexibility index (Phi) is 2.69. The molecule has 3 fully saturated rings. The fraction of sp³-hybridized carbons (Fsp3) is 0.750. The second kappa shape index (κ2) is 4.12. The normalized spacial score (nSPS) is 38.6. The average molecular weight is 258 g/mol.